The van der Waals surface area contributed by atoms with Gasteiger partial charge in [0.2, 0.25) is 0 Å². The SMILES string of the molecule is NCc1cccc(COCc2ccc(Cl)cc2)n1. The molecule has 3 nitrogen and oxygen atoms in total. The topological polar surface area (TPSA) is 48.1 Å². The number of nitrogens with two attached hydrogens (primary N) is 1. The van der Waals surface area contributed by atoms with E-state index in [0.29, 0.717) is 19.8 Å². The number of pyridine rings is 1. The fourth-order valence-corrected chi connectivity index (χ4v) is 1.70. The van der Waals surface area contributed by atoms with Crippen LogP contribution in [0.15, 0.2) is 42.5 Å². The quantitative estimate of drug-likeness (QED) is 0.901. The molecule has 1 aromatic heterocycles. The van der Waals surface area contributed by atoms with E-state index in [1.807, 2.05) is 42.5 Å². The molecule has 0 aliphatic rings. The molecule has 0 spiro atoms. The van der Waals surface area contributed by atoms with Crippen LogP contribution in [-0.2, 0) is 24.5 Å². The summed E-state index contributed by atoms with van der Waals surface area (Å²) >= 11 is 5.81. The van der Waals surface area contributed by atoms with Gasteiger partial charge in [0.25, 0.3) is 0 Å². The molecular weight excluding hydrogens is 248 g/mol. The molecule has 0 amide bonds. The van der Waals surface area contributed by atoms with Crippen molar-refractivity contribution in [1.29, 1.82) is 0 Å². The number of hydrogen-bond donors (Lipinski definition) is 1. The van der Waals surface area contributed by atoms with Crippen molar-refractivity contribution in [3.8, 4) is 0 Å². The van der Waals surface area contributed by atoms with Crippen molar-refractivity contribution in [3.05, 3.63) is 64.4 Å². The molecule has 0 atom stereocenters. The minimum atomic E-state index is 0.449. The number of hydrogen-bond acceptors (Lipinski definition) is 3. The third-order valence-electron chi connectivity index (χ3n) is 2.51. The van der Waals surface area contributed by atoms with Gasteiger partial charge in [-0.2, -0.15) is 0 Å². The second kappa shape index (κ2) is 6.50. The summed E-state index contributed by atoms with van der Waals surface area (Å²) in [6.07, 6.45) is 0. The van der Waals surface area contributed by atoms with Gasteiger partial charge < -0.3 is 10.5 Å². The summed E-state index contributed by atoms with van der Waals surface area (Å²) in [5.74, 6) is 0. The number of nitrogens with zero attached hydrogens (tertiary/aromatic N) is 1. The summed E-state index contributed by atoms with van der Waals surface area (Å²) in [5.41, 5.74) is 8.40. The zero-order chi connectivity index (χ0) is 12.8. The van der Waals surface area contributed by atoms with E-state index in [0.717, 1.165) is 22.0 Å². The molecule has 2 aromatic rings. The van der Waals surface area contributed by atoms with Crippen molar-refractivity contribution in [3.63, 3.8) is 0 Å². The number of benzene rings is 1. The van der Waals surface area contributed by atoms with Gasteiger partial charge in [-0.25, -0.2) is 0 Å². The Bertz CT molecular complexity index is 499. The van der Waals surface area contributed by atoms with Crippen molar-refractivity contribution < 1.29 is 4.74 Å². The molecule has 0 unspecified atom stereocenters. The molecule has 0 aliphatic carbocycles. The Balaban J connectivity index is 1.86. The zero-order valence-electron chi connectivity index (χ0n) is 9.97. The summed E-state index contributed by atoms with van der Waals surface area (Å²) in [7, 11) is 0. The molecule has 0 bridgehead atoms. The maximum absolute atomic E-state index is 5.81. The van der Waals surface area contributed by atoms with E-state index in [9.17, 15) is 0 Å². The van der Waals surface area contributed by atoms with Crippen molar-refractivity contribution in [2.45, 2.75) is 19.8 Å². The van der Waals surface area contributed by atoms with Crippen LogP contribution in [0.5, 0.6) is 0 Å². The highest BCUT2D eigenvalue weighted by molar-refractivity contribution is 6.30. The van der Waals surface area contributed by atoms with Crippen molar-refractivity contribution in [2.75, 3.05) is 0 Å². The van der Waals surface area contributed by atoms with Gasteiger partial charge in [0.15, 0.2) is 0 Å². The minimum absolute atomic E-state index is 0.449. The van der Waals surface area contributed by atoms with Gasteiger partial charge in [-0.1, -0.05) is 29.8 Å². The smallest absolute Gasteiger partial charge is 0.0892 e. The molecule has 0 fully saturated rings. The molecule has 0 saturated carbocycles. The molecule has 2 N–H and O–H groups in total. The van der Waals surface area contributed by atoms with Crippen LogP contribution in [0, 0.1) is 0 Å². The first-order chi connectivity index (χ1) is 8.78. The highest BCUT2D eigenvalue weighted by Crippen LogP contribution is 2.11. The fraction of sp³-hybridized carbons (Fsp3) is 0.214. The maximum Gasteiger partial charge on any atom is 0.0892 e. The maximum atomic E-state index is 5.81. The third kappa shape index (κ3) is 3.81. The van der Waals surface area contributed by atoms with E-state index < -0.39 is 0 Å². The van der Waals surface area contributed by atoms with Crippen LogP contribution >= 0.6 is 11.6 Å². The Morgan fingerprint density at radius 2 is 1.72 bits per heavy atom. The molecule has 1 aromatic carbocycles. The second-order valence-corrected chi connectivity index (χ2v) is 4.38. The lowest BCUT2D eigenvalue weighted by molar-refractivity contribution is 0.104. The van der Waals surface area contributed by atoms with Crippen molar-refractivity contribution in [1.82, 2.24) is 4.98 Å². The van der Waals surface area contributed by atoms with Gasteiger partial charge in [0.05, 0.1) is 24.6 Å². The van der Waals surface area contributed by atoms with Crippen LogP contribution in [0.25, 0.3) is 0 Å². The summed E-state index contributed by atoms with van der Waals surface area (Å²) in [5, 5.41) is 0.732. The van der Waals surface area contributed by atoms with Gasteiger partial charge in [-0.15, -0.1) is 0 Å². The lowest BCUT2D eigenvalue weighted by Gasteiger charge is -2.05. The number of aromatic nitrogens is 1. The van der Waals surface area contributed by atoms with Crippen molar-refractivity contribution in [2.24, 2.45) is 5.73 Å². The molecule has 1 heterocycles. The van der Waals surface area contributed by atoms with Gasteiger partial charge in [0, 0.05) is 11.6 Å². The van der Waals surface area contributed by atoms with E-state index in [2.05, 4.69) is 4.98 Å². The molecule has 18 heavy (non-hydrogen) atoms. The monoisotopic (exact) mass is 262 g/mol. The standard InChI is InChI=1S/C14H15ClN2O/c15-12-6-4-11(5-7-12)9-18-10-14-3-1-2-13(8-16)17-14/h1-7H,8-10,16H2. The average Bonchev–Trinajstić information content (AvgIpc) is 2.41. The lowest BCUT2D eigenvalue weighted by Crippen LogP contribution is -2.03. The Morgan fingerprint density at radius 3 is 2.44 bits per heavy atom. The summed E-state index contributed by atoms with van der Waals surface area (Å²) in [4.78, 5) is 4.37. The molecule has 94 valence electrons. The van der Waals surface area contributed by atoms with Crippen LogP contribution in [0.4, 0.5) is 0 Å². The van der Waals surface area contributed by atoms with Crippen molar-refractivity contribution >= 4 is 11.6 Å². The summed E-state index contributed by atoms with van der Waals surface area (Å²) < 4.78 is 5.60. The summed E-state index contributed by atoms with van der Waals surface area (Å²) in [6, 6.07) is 13.4. The first-order valence-electron chi connectivity index (χ1n) is 5.75. The van der Waals surface area contributed by atoms with Crippen LogP contribution < -0.4 is 5.73 Å². The predicted octanol–water partition coefficient (Wildman–Crippen LogP) is 2.91. The highest BCUT2D eigenvalue weighted by Gasteiger charge is 1.98. The van der Waals surface area contributed by atoms with Crippen LogP contribution in [0.1, 0.15) is 17.0 Å². The fourth-order valence-electron chi connectivity index (χ4n) is 1.58. The minimum Gasteiger partial charge on any atom is -0.370 e. The lowest BCUT2D eigenvalue weighted by atomic mass is 10.2. The third-order valence-corrected chi connectivity index (χ3v) is 2.76. The second-order valence-electron chi connectivity index (χ2n) is 3.94. The Labute approximate surface area is 112 Å². The molecule has 2 rings (SSSR count). The van der Waals surface area contributed by atoms with E-state index >= 15 is 0 Å². The summed E-state index contributed by atoms with van der Waals surface area (Å²) in [6.45, 7) is 1.48. The molecule has 0 radical (unpaired) electrons. The van der Waals surface area contributed by atoms with Crippen LogP contribution in [0.3, 0.4) is 0 Å². The Kier molecular flexibility index (Phi) is 4.70. The Hall–Kier alpha value is -1.42. The number of halogens is 1. The van der Waals surface area contributed by atoms with E-state index in [-0.39, 0.29) is 0 Å². The Morgan fingerprint density at radius 1 is 1.00 bits per heavy atom. The average molecular weight is 263 g/mol. The predicted molar refractivity (Wildman–Crippen MR) is 72.1 cm³/mol. The van der Waals surface area contributed by atoms with Crippen LogP contribution in [-0.4, -0.2) is 4.98 Å². The molecule has 0 aliphatic heterocycles. The highest BCUT2D eigenvalue weighted by atomic mass is 35.5. The van der Waals surface area contributed by atoms with Gasteiger partial charge in [0.1, 0.15) is 0 Å². The largest absolute Gasteiger partial charge is 0.370 e. The zero-order valence-corrected chi connectivity index (χ0v) is 10.7. The molecular formula is C14H15ClN2O. The number of ether oxygens (including phenoxy) is 1. The molecule has 4 heteroatoms. The van der Waals surface area contributed by atoms with Gasteiger partial charge in [-0.3, -0.25) is 4.98 Å². The van der Waals surface area contributed by atoms with E-state index in [1.54, 1.807) is 0 Å². The number of rotatable bonds is 5. The van der Waals surface area contributed by atoms with Gasteiger partial charge in [-0.05, 0) is 29.8 Å². The van der Waals surface area contributed by atoms with E-state index in [4.69, 9.17) is 22.1 Å². The first-order valence-corrected chi connectivity index (χ1v) is 6.13. The van der Waals surface area contributed by atoms with Gasteiger partial charge >= 0.3 is 0 Å². The van der Waals surface area contributed by atoms with Crippen LogP contribution in [0.2, 0.25) is 5.02 Å². The first kappa shape index (κ1) is 13.0. The normalized spacial score (nSPS) is 10.6. The molecule has 0 saturated heterocycles. The van der Waals surface area contributed by atoms with E-state index in [1.165, 1.54) is 0 Å².